The number of imidazole rings is 1. The van der Waals surface area contributed by atoms with Crippen LogP contribution in [0.25, 0.3) is 11.2 Å². The lowest BCUT2D eigenvalue weighted by molar-refractivity contribution is -0.190. The Bertz CT molecular complexity index is 2140. The molecule has 300 valence electrons. The van der Waals surface area contributed by atoms with Crippen LogP contribution in [0.2, 0.25) is 0 Å². The van der Waals surface area contributed by atoms with Gasteiger partial charge in [-0.2, -0.15) is 23.1 Å². The Balaban J connectivity index is 1.20. The number of alkyl halides is 3. The van der Waals surface area contributed by atoms with E-state index in [1.165, 1.54) is 23.0 Å². The van der Waals surface area contributed by atoms with Crippen LogP contribution in [-0.2, 0) is 4.79 Å². The summed E-state index contributed by atoms with van der Waals surface area (Å²) in [4.78, 5) is 42.2. The van der Waals surface area contributed by atoms with E-state index in [0.29, 0.717) is 48.0 Å². The fourth-order valence-corrected chi connectivity index (χ4v) is 7.80. The maximum absolute atomic E-state index is 13.7. The molecule has 3 aromatic carbocycles. The number of nitrogens with one attached hydrogen (secondary N) is 3. The normalized spacial score (nSPS) is 20.9. The predicted molar refractivity (Wildman–Crippen MR) is 207 cm³/mol. The summed E-state index contributed by atoms with van der Waals surface area (Å²) < 4.78 is 42.5. The number of hydrogen-bond acceptors (Lipinski definition) is 10. The molecule has 2 aromatic heterocycles. The van der Waals surface area contributed by atoms with Crippen molar-refractivity contribution in [2.24, 2.45) is 0 Å². The van der Waals surface area contributed by atoms with Gasteiger partial charge in [0, 0.05) is 49.9 Å². The van der Waals surface area contributed by atoms with E-state index in [4.69, 9.17) is 9.97 Å². The fourth-order valence-electron chi connectivity index (χ4n) is 7.80. The number of aromatic nitrogens is 4. The molecule has 3 heterocycles. The highest BCUT2D eigenvalue weighted by Gasteiger charge is 2.51. The molecule has 0 bridgehead atoms. The zero-order valence-electron chi connectivity index (χ0n) is 31.0. The highest BCUT2D eigenvalue weighted by molar-refractivity contribution is 5.90. The third kappa shape index (κ3) is 8.58. The van der Waals surface area contributed by atoms with Crippen molar-refractivity contribution in [2.75, 3.05) is 41.7 Å². The minimum atomic E-state index is -5.16. The first-order valence-corrected chi connectivity index (χ1v) is 18.8. The number of nitrogens with zero attached hydrogens (tertiary/aromatic N) is 6. The molecule has 5 aromatic rings. The van der Waals surface area contributed by atoms with Crippen LogP contribution in [0.4, 0.5) is 35.4 Å². The van der Waals surface area contributed by atoms with E-state index in [0.717, 1.165) is 11.1 Å². The lowest BCUT2D eigenvalue weighted by Gasteiger charge is -2.31. The highest BCUT2D eigenvalue weighted by Crippen LogP contribution is 2.38. The molecule has 0 unspecified atom stereocenters. The summed E-state index contributed by atoms with van der Waals surface area (Å²) in [7, 11) is 0. The molecule has 1 aliphatic heterocycles. The molecule has 0 radical (unpaired) electrons. The number of aliphatic hydroxyl groups excluding tert-OH is 2. The van der Waals surface area contributed by atoms with Crippen molar-refractivity contribution in [3.63, 3.8) is 0 Å². The Kier molecular flexibility index (Phi) is 11.5. The molecule has 57 heavy (non-hydrogen) atoms. The molecule has 1 saturated carbocycles. The number of anilines is 3. The molecule has 2 aliphatic rings. The van der Waals surface area contributed by atoms with Gasteiger partial charge in [0.05, 0.1) is 18.4 Å². The number of aliphatic hydroxyl groups is 2. The number of fused-ring (bicyclic) bond motifs is 1. The summed E-state index contributed by atoms with van der Waals surface area (Å²) in [6, 6.07) is 23.0. The summed E-state index contributed by atoms with van der Waals surface area (Å²) in [6.45, 7) is 2.56. The Labute approximate surface area is 326 Å². The van der Waals surface area contributed by atoms with Crippen molar-refractivity contribution in [3.8, 4) is 5.75 Å². The van der Waals surface area contributed by atoms with Gasteiger partial charge >= 0.3 is 18.1 Å². The zero-order chi connectivity index (χ0) is 40.3. The minimum Gasteiger partial charge on any atom is -0.508 e. The van der Waals surface area contributed by atoms with E-state index in [2.05, 4.69) is 20.9 Å². The first kappa shape index (κ1) is 39.3. The summed E-state index contributed by atoms with van der Waals surface area (Å²) in [5.74, 6) is -1.51. The van der Waals surface area contributed by atoms with Gasteiger partial charge < -0.3 is 45.6 Å². The van der Waals surface area contributed by atoms with Crippen LogP contribution in [0.3, 0.4) is 0 Å². The highest BCUT2D eigenvalue weighted by atomic mass is 19.4. The lowest BCUT2D eigenvalue weighted by atomic mass is 9.91. The maximum atomic E-state index is 13.7. The van der Waals surface area contributed by atoms with E-state index in [9.17, 15) is 38.1 Å². The number of halogens is 3. The smallest absolute Gasteiger partial charge is 0.471 e. The predicted octanol–water partition coefficient (Wildman–Crippen LogP) is 5.01. The molecule has 3 amide bonds. The molecule has 6 N–H and O–H groups in total. The van der Waals surface area contributed by atoms with Gasteiger partial charge in [0.2, 0.25) is 5.95 Å². The number of phenols is 1. The third-order valence-corrected chi connectivity index (χ3v) is 10.5. The zero-order valence-corrected chi connectivity index (χ0v) is 31.0. The van der Waals surface area contributed by atoms with Gasteiger partial charge in [-0.1, -0.05) is 73.7 Å². The molecule has 1 saturated heterocycles. The van der Waals surface area contributed by atoms with Crippen LogP contribution in [-0.4, -0.2) is 108 Å². The second-order valence-corrected chi connectivity index (χ2v) is 14.4. The van der Waals surface area contributed by atoms with E-state index < -0.39 is 42.4 Å². The van der Waals surface area contributed by atoms with Crippen LogP contribution >= 0.6 is 0 Å². The van der Waals surface area contributed by atoms with Crippen molar-refractivity contribution in [1.82, 2.24) is 29.7 Å². The molecule has 17 heteroatoms. The fraction of sp³-hybridized carbons (Fsp3) is 0.375. The number of carbonyl (C=O) groups is 2. The number of phenolic OH excluding ortho intramolecular Hbond substituents is 1. The monoisotopic (exact) mass is 787 g/mol. The van der Waals surface area contributed by atoms with E-state index in [1.54, 1.807) is 19.1 Å². The summed E-state index contributed by atoms with van der Waals surface area (Å²) in [5, 5.41) is 41.4. The van der Waals surface area contributed by atoms with Gasteiger partial charge in [-0.15, -0.1) is 0 Å². The maximum Gasteiger partial charge on any atom is 0.471 e. The van der Waals surface area contributed by atoms with Crippen LogP contribution in [0, 0.1) is 0 Å². The Morgan fingerprint density at radius 3 is 2.32 bits per heavy atom. The quantitative estimate of drug-likeness (QED) is 0.101. The number of hydrogen-bond donors (Lipinski definition) is 6. The van der Waals surface area contributed by atoms with Gasteiger partial charge in [0.1, 0.15) is 18.0 Å². The van der Waals surface area contributed by atoms with Crippen molar-refractivity contribution in [2.45, 2.75) is 68.6 Å². The van der Waals surface area contributed by atoms with Gasteiger partial charge in [0.15, 0.2) is 17.0 Å². The van der Waals surface area contributed by atoms with Crippen molar-refractivity contribution < 1.29 is 38.1 Å². The SMILES string of the molecule is CCCN(C(=O)C(F)(F)F)[C@H]1C[C@@H](n2cnc3c(NCC(c4ccccc4)c4ccccc4)nc(N4CC[C@@H](NC(=O)Nc5cccc(O)c5)C4)nc32)[C@H](O)[C@@H]1O. The number of carbonyl (C=O) groups excluding carboxylic acids is 2. The average molecular weight is 788 g/mol. The van der Waals surface area contributed by atoms with Crippen LogP contribution in [0.1, 0.15) is 49.3 Å². The Hall–Kier alpha value is -5.94. The lowest BCUT2D eigenvalue weighted by Crippen LogP contribution is -2.51. The Morgan fingerprint density at radius 1 is 0.965 bits per heavy atom. The third-order valence-electron chi connectivity index (χ3n) is 10.5. The summed E-state index contributed by atoms with van der Waals surface area (Å²) in [6.07, 6.45) is -6.39. The standard InChI is InChI=1S/C40H44F3N9O5/c1-2-17-51(37(56)40(41,42)43)30-20-31(34(55)33(30)54)52-23-45-32-35(44-21-29(24-10-5-3-6-11-24)25-12-7-4-8-13-25)48-38(49-36(32)52)50-18-16-27(22-50)47-39(57)46-26-14-9-15-28(53)19-26/h3-15,19,23,27,29-31,33-34,53-55H,2,16-18,20-22H2,1H3,(H,44,48,49)(H2,46,47,57)/t27-,30+,31-,33-,34+/m1/s1. The second kappa shape index (κ2) is 16.7. The van der Waals surface area contributed by atoms with Crippen LogP contribution < -0.4 is 20.9 Å². The molecule has 1 aliphatic carbocycles. The molecule has 14 nitrogen and oxygen atoms in total. The van der Waals surface area contributed by atoms with Gasteiger partial charge in [-0.3, -0.25) is 4.79 Å². The van der Waals surface area contributed by atoms with E-state index in [1.807, 2.05) is 65.6 Å². The van der Waals surface area contributed by atoms with Gasteiger partial charge in [0.25, 0.3) is 0 Å². The van der Waals surface area contributed by atoms with Crippen LogP contribution in [0.15, 0.2) is 91.3 Å². The first-order chi connectivity index (χ1) is 27.4. The number of aromatic hydroxyl groups is 1. The topological polar surface area (TPSA) is 181 Å². The number of benzene rings is 3. The van der Waals surface area contributed by atoms with E-state index >= 15 is 0 Å². The number of amides is 3. The molecular weight excluding hydrogens is 743 g/mol. The number of urea groups is 1. The van der Waals surface area contributed by atoms with Gasteiger partial charge in [-0.25, -0.2) is 9.78 Å². The minimum absolute atomic E-state index is 0.0122. The molecule has 5 atom stereocenters. The molecule has 7 rings (SSSR count). The molecule has 2 fully saturated rings. The summed E-state index contributed by atoms with van der Waals surface area (Å²) in [5.41, 5.74) is 3.14. The largest absolute Gasteiger partial charge is 0.508 e. The number of rotatable bonds is 12. The Morgan fingerprint density at radius 2 is 1.67 bits per heavy atom. The van der Waals surface area contributed by atoms with Crippen LogP contribution in [0.5, 0.6) is 5.75 Å². The van der Waals surface area contributed by atoms with Crippen molar-refractivity contribution in [1.29, 1.82) is 0 Å². The molecule has 0 spiro atoms. The van der Waals surface area contributed by atoms with E-state index in [-0.39, 0.29) is 48.7 Å². The summed E-state index contributed by atoms with van der Waals surface area (Å²) >= 11 is 0. The second-order valence-electron chi connectivity index (χ2n) is 14.4. The van der Waals surface area contributed by atoms with Crippen molar-refractivity contribution >= 4 is 40.6 Å². The van der Waals surface area contributed by atoms with Crippen molar-refractivity contribution in [3.05, 3.63) is 102 Å². The van der Waals surface area contributed by atoms with Gasteiger partial charge in [-0.05, 0) is 42.5 Å². The average Bonchev–Trinajstić information content (AvgIpc) is 3.91. The molecular formula is C40H44F3N9O5. The first-order valence-electron chi connectivity index (χ1n) is 18.8.